The van der Waals surface area contributed by atoms with Crippen molar-refractivity contribution in [2.45, 2.75) is 31.9 Å². The van der Waals surface area contributed by atoms with E-state index in [1.807, 2.05) is 18.2 Å². The van der Waals surface area contributed by atoms with E-state index in [4.69, 9.17) is 0 Å². The fourth-order valence-electron chi connectivity index (χ4n) is 1.99. The SMILES string of the molecule is C=CCN(c1ccc([C@@H](C)O)cc1Br)C1CC1. The summed E-state index contributed by atoms with van der Waals surface area (Å²) in [7, 11) is 0. The second-order valence-corrected chi connectivity index (χ2v) is 5.41. The zero-order chi connectivity index (χ0) is 12.4. The Hall–Kier alpha value is -0.800. The standard InChI is InChI=1S/C14H18BrNO/c1-3-8-16(12-5-6-12)14-7-4-11(10(2)17)9-13(14)15/h3-4,7,9-10,12,17H,1,5-6,8H2,2H3/t10-/m1/s1. The molecule has 2 rings (SSSR count). The summed E-state index contributed by atoms with van der Waals surface area (Å²) in [5.41, 5.74) is 2.13. The lowest BCUT2D eigenvalue weighted by atomic mass is 10.1. The molecule has 0 aromatic heterocycles. The first-order valence-electron chi connectivity index (χ1n) is 5.98. The first-order chi connectivity index (χ1) is 8.13. The lowest BCUT2D eigenvalue weighted by Gasteiger charge is -2.25. The van der Waals surface area contributed by atoms with Gasteiger partial charge < -0.3 is 10.0 Å². The Balaban J connectivity index is 2.27. The summed E-state index contributed by atoms with van der Waals surface area (Å²) in [4.78, 5) is 2.36. The Morgan fingerprint density at radius 2 is 2.29 bits per heavy atom. The average Bonchev–Trinajstić information content (AvgIpc) is 3.10. The fraction of sp³-hybridized carbons (Fsp3) is 0.429. The first-order valence-corrected chi connectivity index (χ1v) is 6.78. The van der Waals surface area contributed by atoms with Crippen LogP contribution in [0.1, 0.15) is 31.4 Å². The number of nitrogens with zero attached hydrogens (tertiary/aromatic N) is 1. The molecule has 0 bridgehead atoms. The number of aliphatic hydroxyl groups excluding tert-OH is 1. The third-order valence-corrected chi connectivity index (χ3v) is 3.71. The highest BCUT2D eigenvalue weighted by Crippen LogP contribution is 2.36. The lowest BCUT2D eigenvalue weighted by Crippen LogP contribution is -2.25. The van der Waals surface area contributed by atoms with Gasteiger partial charge in [0.2, 0.25) is 0 Å². The molecule has 1 aliphatic carbocycles. The number of halogens is 1. The Bertz CT molecular complexity index is 413. The summed E-state index contributed by atoms with van der Waals surface area (Å²) in [5, 5.41) is 9.55. The van der Waals surface area contributed by atoms with Gasteiger partial charge in [0.05, 0.1) is 11.8 Å². The number of aliphatic hydroxyl groups is 1. The molecule has 0 aliphatic heterocycles. The summed E-state index contributed by atoms with van der Waals surface area (Å²) in [6, 6.07) is 6.72. The summed E-state index contributed by atoms with van der Waals surface area (Å²) < 4.78 is 1.05. The molecule has 3 heteroatoms. The van der Waals surface area contributed by atoms with E-state index in [1.165, 1.54) is 18.5 Å². The van der Waals surface area contributed by atoms with Crippen molar-refractivity contribution in [1.82, 2.24) is 0 Å². The summed E-state index contributed by atoms with van der Waals surface area (Å²) in [6.07, 6.45) is 4.04. The van der Waals surface area contributed by atoms with Gasteiger partial charge in [-0.2, -0.15) is 0 Å². The second-order valence-electron chi connectivity index (χ2n) is 4.56. The molecular weight excluding hydrogens is 278 g/mol. The summed E-state index contributed by atoms with van der Waals surface area (Å²) in [5.74, 6) is 0. The Morgan fingerprint density at radius 3 is 2.76 bits per heavy atom. The molecule has 2 nitrogen and oxygen atoms in total. The smallest absolute Gasteiger partial charge is 0.0762 e. The molecule has 1 aliphatic rings. The van der Waals surface area contributed by atoms with Crippen LogP contribution in [-0.2, 0) is 0 Å². The van der Waals surface area contributed by atoms with E-state index >= 15 is 0 Å². The van der Waals surface area contributed by atoms with Crippen LogP contribution in [0.15, 0.2) is 35.3 Å². The highest BCUT2D eigenvalue weighted by molar-refractivity contribution is 9.10. The van der Waals surface area contributed by atoms with Gasteiger partial charge in [0.1, 0.15) is 0 Å². The van der Waals surface area contributed by atoms with Crippen LogP contribution in [0.4, 0.5) is 5.69 Å². The normalized spacial score (nSPS) is 16.6. The Labute approximate surface area is 111 Å². The van der Waals surface area contributed by atoms with Crippen molar-refractivity contribution in [1.29, 1.82) is 0 Å². The van der Waals surface area contributed by atoms with Crippen LogP contribution in [0, 0.1) is 0 Å². The zero-order valence-corrected chi connectivity index (χ0v) is 11.7. The van der Waals surface area contributed by atoms with E-state index in [1.54, 1.807) is 6.92 Å². The van der Waals surface area contributed by atoms with Crippen molar-refractivity contribution >= 4 is 21.6 Å². The highest BCUT2D eigenvalue weighted by atomic mass is 79.9. The number of benzene rings is 1. The quantitative estimate of drug-likeness (QED) is 0.838. The summed E-state index contributed by atoms with van der Waals surface area (Å²) in [6.45, 7) is 6.47. The number of hydrogen-bond acceptors (Lipinski definition) is 2. The molecule has 0 amide bonds. The molecule has 1 aromatic rings. The molecule has 1 saturated carbocycles. The van der Waals surface area contributed by atoms with Gasteiger partial charge >= 0.3 is 0 Å². The molecule has 0 radical (unpaired) electrons. The summed E-state index contributed by atoms with van der Waals surface area (Å²) >= 11 is 3.60. The van der Waals surface area contributed by atoms with Gasteiger partial charge in [0, 0.05) is 17.1 Å². The molecule has 1 aromatic carbocycles. The minimum absolute atomic E-state index is 0.422. The molecule has 0 heterocycles. The van der Waals surface area contributed by atoms with E-state index < -0.39 is 6.10 Å². The minimum Gasteiger partial charge on any atom is -0.389 e. The van der Waals surface area contributed by atoms with Crippen LogP contribution in [0.2, 0.25) is 0 Å². The topological polar surface area (TPSA) is 23.5 Å². The van der Waals surface area contributed by atoms with Crippen LogP contribution < -0.4 is 4.90 Å². The van der Waals surface area contributed by atoms with E-state index in [0.29, 0.717) is 6.04 Å². The maximum atomic E-state index is 9.55. The Kier molecular flexibility index (Phi) is 3.89. The lowest BCUT2D eigenvalue weighted by molar-refractivity contribution is 0.199. The van der Waals surface area contributed by atoms with Crippen molar-refractivity contribution < 1.29 is 5.11 Å². The predicted octanol–water partition coefficient (Wildman–Crippen LogP) is 3.66. The third kappa shape index (κ3) is 2.90. The molecule has 17 heavy (non-hydrogen) atoms. The highest BCUT2D eigenvalue weighted by Gasteiger charge is 2.29. The van der Waals surface area contributed by atoms with Crippen LogP contribution in [0.3, 0.4) is 0 Å². The van der Waals surface area contributed by atoms with E-state index in [0.717, 1.165) is 16.6 Å². The van der Waals surface area contributed by atoms with Crippen molar-refractivity contribution in [3.8, 4) is 0 Å². The van der Waals surface area contributed by atoms with Crippen molar-refractivity contribution in [2.24, 2.45) is 0 Å². The number of rotatable bonds is 5. The molecule has 1 fully saturated rings. The van der Waals surface area contributed by atoms with Gasteiger partial charge in [-0.3, -0.25) is 0 Å². The molecule has 92 valence electrons. The molecule has 1 N–H and O–H groups in total. The van der Waals surface area contributed by atoms with Crippen LogP contribution in [0.5, 0.6) is 0 Å². The maximum Gasteiger partial charge on any atom is 0.0762 e. The molecule has 0 unspecified atom stereocenters. The van der Waals surface area contributed by atoms with E-state index in [-0.39, 0.29) is 0 Å². The zero-order valence-electron chi connectivity index (χ0n) is 10.1. The van der Waals surface area contributed by atoms with E-state index in [9.17, 15) is 5.11 Å². The van der Waals surface area contributed by atoms with Crippen LogP contribution in [-0.4, -0.2) is 17.7 Å². The Morgan fingerprint density at radius 1 is 1.59 bits per heavy atom. The first kappa shape index (κ1) is 12.7. The molecule has 0 saturated heterocycles. The minimum atomic E-state index is -0.422. The van der Waals surface area contributed by atoms with Gasteiger partial charge in [-0.15, -0.1) is 6.58 Å². The van der Waals surface area contributed by atoms with Gasteiger partial charge in [0.25, 0.3) is 0 Å². The average molecular weight is 296 g/mol. The maximum absolute atomic E-state index is 9.55. The van der Waals surface area contributed by atoms with Crippen molar-refractivity contribution in [3.05, 3.63) is 40.9 Å². The molecular formula is C14H18BrNO. The van der Waals surface area contributed by atoms with Crippen LogP contribution in [0.25, 0.3) is 0 Å². The van der Waals surface area contributed by atoms with Gasteiger partial charge in [-0.05, 0) is 53.4 Å². The molecule has 0 spiro atoms. The second kappa shape index (κ2) is 5.23. The van der Waals surface area contributed by atoms with Crippen molar-refractivity contribution in [2.75, 3.05) is 11.4 Å². The van der Waals surface area contributed by atoms with E-state index in [2.05, 4.69) is 33.5 Å². The number of anilines is 1. The number of hydrogen-bond donors (Lipinski definition) is 1. The predicted molar refractivity (Wildman–Crippen MR) is 75.3 cm³/mol. The van der Waals surface area contributed by atoms with Gasteiger partial charge in [-0.1, -0.05) is 12.1 Å². The fourth-order valence-corrected chi connectivity index (χ4v) is 2.61. The van der Waals surface area contributed by atoms with Crippen molar-refractivity contribution in [3.63, 3.8) is 0 Å². The third-order valence-electron chi connectivity index (χ3n) is 3.08. The van der Waals surface area contributed by atoms with Gasteiger partial charge in [0.15, 0.2) is 0 Å². The monoisotopic (exact) mass is 295 g/mol. The molecule has 1 atom stereocenters. The van der Waals surface area contributed by atoms with Crippen LogP contribution >= 0.6 is 15.9 Å². The van der Waals surface area contributed by atoms with Gasteiger partial charge in [-0.25, -0.2) is 0 Å². The largest absolute Gasteiger partial charge is 0.389 e.